The van der Waals surface area contributed by atoms with Crippen molar-refractivity contribution in [2.75, 3.05) is 24.1 Å². The van der Waals surface area contributed by atoms with E-state index in [-0.39, 0.29) is 5.69 Å². The fraction of sp³-hybridized carbons (Fsp3) is 0.296. The van der Waals surface area contributed by atoms with Crippen LogP contribution < -0.4 is 11.1 Å². The average Bonchev–Trinajstić information content (AvgIpc) is 3.39. The summed E-state index contributed by atoms with van der Waals surface area (Å²) in [5.74, 6) is 0.993. The molecule has 4 aromatic heterocycles. The van der Waals surface area contributed by atoms with E-state index in [1.165, 1.54) is 5.69 Å². The molecule has 3 N–H and O–H groups in total. The highest BCUT2D eigenvalue weighted by Crippen LogP contribution is 2.30. The zero-order chi connectivity index (χ0) is 24.8. The number of nitrogens with two attached hydrogens (primary N) is 1. The predicted molar refractivity (Wildman–Crippen MR) is 141 cm³/mol. The van der Waals surface area contributed by atoms with Gasteiger partial charge in [0, 0.05) is 72.2 Å². The molecular weight excluding hydrogens is 455 g/mol. The predicted octanol–water partition coefficient (Wildman–Crippen LogP) is 4.56. The Labute approximate surface area is 208 Å². The van der Waals surface area contributed by atoms with Crippen LogP contribution in [-0.4, -0.2) is 48.3 Å². The second kappa shape index (κ2) is 8.91. The summed E-state index contributed by atoms with van der Waals surface area (Å²) in [5, 5.41) is 10.6. The highest BCUT2D eigenvalue weighted by molar-refractivity contribution is 5.95. The molecule has 0 saturated carbocycles. The Morgan fingerprint density at radius 2 is 1.94 bits per heavy atom. The topological polar surface area (TPSA) is 89.8 Å². The number of fused-ring (bicyclic) bond motifs is 3. The number of nitrogens with zero attached hydrogens (tertiary/aromatic N) is 6. The lowest BCUT2D eigenvalue weighted by molar-refractivity contribution is 0.225. The molecule has 0 bridgehead atoms. The van der Waals surface area contributed by atoms with Gasteiger partial charge in [-0.2, -0.15) is 5.10 Å². The molecule has 0 atom stereocenters. The third-order valence-corrected chi connectivity index (χ3v) is 7.10. The van der Waals surface area contributed by atoms with Gasteiger partial charge >= 0.3 is 0 Å². The number of anilines is 3. The number of aromatic nitrogens is 5. The van der Waals surface area contributed by atoms with Gasteiger partial charge in [-0.3, -0.25) is 14.6 Å². The van der Waals surface area contributed by atoms with Crippen LogP contribution >= 0.6 is 0 Å². The molecular formula is C27H29FN8. The van der Waals surface area contributed by atoms with Gasteiger partial charge in [-0.05, 0) is 43.5 Å². The minimum atomic E-state index is -0.413. The molecule has 0 spiro atoms. The molecule has 1 aliphatic rings. The van der Waals surface area contributed by atoms with Gasteiger partial charge in [-0.15, -0.1) is 0 Å². The maximum absolute atomic E-state index is 15.2. The van der Waals surface area contributed by atoms with Crippen LogP contribution in [0.1, 0.15) is 25.1 Å². The van der Waals surface area contributed by atoms with Crippen molar-refractivity contribution in [1.82, 2.24) is 29.2 Å². The number of rotatable bonds is 5. The van der Waals surface area contributed by atoms with Crippen LogP contribution in [0.5, 0.6) is 0 Å². The summed E-state index contributed by atoms with van der Waals surface area (Å²) in [6.07, 6.45) is 8.06. The monoisotopic (exact) mass is 484 g/mol. The van der Waals surface area contributed by atoms with Crippen LogP contribution in [0.15, 0.2) is 55.1 Å². The summed E-state index contributed by atoms with van der Waals surface area (Å²) >= 11 is 0. The minimum absolute atomic E-state index is 0.111. The smallest absolute Gasteiger partial charge is 0.153 e. The van der Waals surface area contributed by atoms with Crippen molar-refractivity contribution in [3.63, 3.8) is 0 Å². The van der Waals surface area contributed by atoms with Crippen LogP contribution in [0, 0.1) is 5.82 Å². The Morgan fingerprint density at radius 3 is 2.81 bits per heavy atom. The van der Waals surface area contributed by atoms with Crippen LogP contribution in [0.4, 0.5) is 21.7 Å². The van der Waals surface area contributed by atoms with Crippen LogP contribution in [0.3, 0.4) is 0 Å². The van der Waals surface area contributed by atoms with Gasteiger partial charge in [0.05, 0.1) is 30.5 Å². The van der Waals surface area contributed by atoms with Gasteiger partial charge in [0.2, 0.25) is 0 Å². The van der Waals surface area contributed by atoms with Crippen molar-refractivity contribution in [2.45, 2.75) is 39.4 Å². The molecule has 0 amide bonds. The molecule has 0 radical (unpaired) electrons. The lowest BCUT2D eigenvalue weighted by Gasteiger charge is -2.23. The van der Waals surface area contributed by atoms with E-state index in [1.807, 2.05) is 35.0 Å². The molecule has 6 rings (SSSR count). The third-order valence-electron chi connectivity index (χ3n) is 7.10. The Balaban J connectivity index is 1.28. The summed E-state index contributed by atoms with van der Waals surface area (Å²) in [6, 6.07) is 10.3. The number of nitrogens with one attached hydrogen (secondary N) is 1. The van der Waals surface area contributed by atoms with Crippen LogP contribution in [-0.2, 0) is 19.5 Å². The summed E-state index contributed by atoms with van der Waals surface area (Å²) in [6.45, 7) is 7.69. The zero-order valence-electron chi connectivity index (χ0n) is 20.4. The zero-order valence-corrected chi connectivity index (χ0v) is 20.4. The molecule has 1 aromatic carbocycles. The fourth-order valence-electron chi connectivity index (χ4n) is 5.04. The van der Waals surface area contributed by atoms with E-state index in [9.17, 15) is 0 Å². The average molecular weight is 485 g/mol. The number of pyridine rings is 2. The summed E-state index contributed by atoms with van der Waals surface area (Å²) in [4.78, 5) is 11.2. The summed E-state index contributed by atoms with van der Waals surface area (Å²) < 4.78 is 19.3. The quantitative estimate of drug-likeness (QED) is 0.356. The Bertz CT molecular complexity index is 1540. The first kappa shape index (κ1) is 22.5. The minimum Gasteiger partial charge on any atom is -0.396 e. The van der Waals surface area contributed by atoms with Gasteiger partial charge in [0.15, 0.2) is 11.6 Å². The van der Waals surface area contributed by atoms with Gasteiger partial charge in [-0.1, -0.05) is 0 Å². The number of hydrogen-bond donors (Lipinski definition) is 2. The van der Waals surface area contributed by atoms with Crippen molar-refractivity contribution >= 4 is 39.0 Å². The SMILES string of the molecule is CC(C)N1CCc2cc(Nc3cc4cc(Cn5ccc6ccncc65)c(F)c(N)c4cn3)nn2CC1. The van der Waals surface area contributed by atoms with E-state index < -0.39 is 5.82 Å². The van der Waals surface area contributed by atoms with Crippen LogP contribution in [0.25, 0.3) is 21.7 Å². The first-order valence-corrected chi connectivity index (χ1v) is 12.3. The van der Waals surface area contributed by atoms with Gasteiger partial charge in [-0.25, -0.2) is 9.37 Å². The largest absolute Gasteiger partial charge is 0.396 e. The van der Waals surface area contributed by atoms with E-state index in [0.29, 0.717) is 29.4 Å². The number of benzene rings is 1. The summed E-state index contributed by atoms with van der Waals surface area (Å²) in [7, 11) is 0. The van der Waals surface area contributed by atoms with Crippen molar-refractivity contribution in [3.8, 4) is 0 Å². The van der Waals surface area contributed by atoms with E-state index in [0.717, 1.165) is 48.2 Å². The Morgan fingerprint density at radius 1 is 1.06 bits per heavy atom. The highest BCUT2D eigenvalue weighted by Gasteiger charge is 2.18. The first-order chi connectivity index (χ1) is 17.5. The van der Waals surface area contributed by atoms with E-state index >= 15 is 4.39 Å². The van der Waals surface area contributed by atoms with E-state index in [4.69, 9.17) is 10.8 Å². The molecule has 5 heterocycles. The molecule has 9 heteroatoms. The van der Waals surface area contributed by atoms with Gasteiger partial charge in [0.1, 0.15) is 5.82 Å². The molecule has 36 heavy (non-hydrogen) atoms. The molecule has 184 valence electrons. The van der Waals surface area contributed by atoms with Gasteiger partial charge < -0.3 is 15.6 Å². The van der Waals surface area contributed by atoms with Crippen molar-refractivity contribution in [1.29, 1.82) is 0 Å². The third kappa shape index (κ3) is 4.05. The standard InChI is InChI=1S/C27H29FN8/c1-17(2)34-8-5-21-13-25(33-36(21)10-9-34)32-24-12-19-11-20(26(28)27(29)22(19)14-31-24)16-35-7-4-18-3-6-30-15-23(18)35/h3-4,6-7,11-15,17H,5,8-10,16,29H2,1-2H3,(H,31,32,33). The van der Waals surface area contributed by atoms with Gasteiger partial charge in [0.25, 0.3) is 0 Å². The molecule has 0 saturated heterocycles. The molecule has 1 aliphatic heterocycles. The normalized spacial score (nSPS) is 14.4. The summed E-state index contributed by atoms with van der Waals surface area (Å²) in [5.41, 5.74) is 8.99. The number of nitrogen functional groups attached to an aromatic ring is 1. The maximum atomic E-state index is 15.2. The van der Waals surface area contributed by atoms with E-state index in [2.05, 4.69) is 44.8 Å². The fourth-order valence-corrected chi connectivity index (χ4v) is 5.04. The van der Waals surface area contributed by atoms with Crippen molar-refractivity contribution in [2.24, 2.45) is 0 Å². The molecule has 0 fully saturated rings. The highest BCUT2D eigenvalue weighted by atomic mass is 19.1. The lowest BCUT2D eigenvalue weighted by Crippen LogP contribution is -2.33. The van der Waals surface area contributed by atoms with Crippen molar-refractivity contribution in [3.05, 3.63) is 72.2 Å². The second-order valence-electron chi connectivity index (χ2n) is 9.68. The molecule has 5 aromatic rings. The van der Waals surface area contributed by atoms with E-state index in [1.54, 1.807) is 18.6 Å². The van der Waals surface area contributed by atoms with Crippen LogP contribution in [0.2, 0.25) is 0 Å². The maximum Gasteiger partial charge on any atom is 0.153 e. The number of hydrogen-bond acceptors (Lipinski definition) is 6. The molecule has 0 aliphatic carbocycles. The Hall–Kier alpha value is -3.98. The Kier molecular flexibility index (Phi) is 5.56. The molecule has 0 unspecified atom stereocenters. The first-order valence-electron chi connectivity index (χ1n) is 12.3. The number of halogens is 1. The lowest BCUT2D eigenvalue weighted by atomic mass is 10.1. The van der Waals surface area contributed by atoms with Crippen molar-refractivity contribution < 1.29 is 4.39 Å². The molecule has 8 nitrogen and oxygen atoms in total. The second-order valence-corrected chi connectivity index (χ2v) is 9.68.